The van der Waals surface area contributed by atoms with E-state index in [0.29, 0.717) is 41.0 Å². The second-order valence-corrected chi connectivity index (χ2v) is 15.1. The van der Waals surface area contributed by atoms with Crippen LogP contribution in [0, 0.1) is 51.8 Å². The molecule has 4 heteroatoms. The number of ether oxygens (including phenoxy) is 1. The van der Waals surface area contributed by atoms with Crippen LogP contribution in [-0.2, 0) is 9.53 Å². The molecule has 10 atom stereocenters. The van der Waals surface area contributed by atoms with Crippen LogP contribution in [0.2, 0.25) is 0 Å². The number of carbonyl (C=O) groups is 1. The minimum atomic E-state index is -0.118. The summed E-state index contributed by atoms with van der Waals surface area (Å²) in [4.78, 5) is 15.6. The second-order valence-electron chi connectivity index (χ2n) is 15.1. The fourth-order valence-electron chi connectivity index (χ4n) is 10.9. The molecule has 0 spiro atoms. The summed E-state index contributed by atoms with van der Waals surface area (Å²) in [7, 11) is 0. The molecule has 3 saturated carbocycles. The number of rotatable bonds is 4. The average Bonchev–Trinajstić information content (AvgIpc) is 3.52. The highest BCUT2D eigenvalue weighted by Gasteiger charge is 2.59. The number of nitrogens with zero attached hydrogens (tertiary/aromatic N) is 1. The van der Waals surface area contributed by atoms with E-state index < -0.39 is 0 Å². The standard InChI is InChI=1S/C32H51NO3/c1-20(6-11-29(35)33-19-30(2,3)27-17-36-18-28(27)33)24-9-10-25-23-8-7-21-16-22(34)12-14-31(21,4)26(23)13-15-32(24,25)5/h7,20,22-28,34H,6,8-19H2,1-5H3/t20-,22+,23+,24-,25+,26+,27?,28?,31+,32-/m1/s1. The lowest BCUT2D eigenvalue weighted by Crippen LogP contribution is -2.50. The van der Waals surface area contributed by atoms with Gasteiger partial charge in [-0.2, -0.15) is 0 Å². The van der Waals surface area contributed by atoms with Crippen LogP contribution in [0.25, 0.3) is 0 Å². The first kappa shape index (κ1) is 25.4. The maximum atomic E-state index is 13.4. The zero-order valence-electron chi connectivity index (χ0n) is 23.6. The Labute approximate surface area is 219 Å². The van der Waals surface area contributed by atoms with Gasteiger partial charge in [-0.3, -0.25) is 4.79 Å². The van der Waals surface area contributed by atoms with Gasteiger partial charge in [0.1, 0.15) is 0 Å². The highest BCUT2D eigenvalue weighted by Crippen LogP contribution is 2.67. The van der Waals surface area contributed by atoms with E-state index in [1.807, 2.05) is 0 Å². The van der Waals surface area contributed by atoms with Gasteiger partial charge in [-0.15, -0.1) is 0 Å². The fourth-order valence-corrected chi connectivity index (χ4v) is 10.9. The van der Waals surface area contributed by atoms with Gasteiger partial charge >= 0.3 is 0 Å². The third-order valence-electron chi connectivity index (χ3n) is 13.0. The summed E-state index contributed by atoms with van der Waals surface area (Å²) in [6, 6.07) is 0.304. The Bertz CT molecular complexity index is 911. The Hall–Kier alpha value is -0.870. The first-order chi connectivity index (χ1) is 17.0. The van der Waals surface area contributed by atoms with E-state index in [0.717, 1.165) is 62.7 Å². The molecule has 4 aliphatic carbocycles. The Balaban J connectivity index is 1.11. The molecule has 0 aromatic heterocycles. The van der Waals surface area contributed by atoms with Crippen LogP contribution in [0.5, 0.6) is 0 Å². The zero-order chi connectivity index (χ0) is 25.5. The van der Waals surface area contributed by atoms with E-state index in [1.54, 1.807) is 5.57 Å². The lowest BCUT2D eigenvalue weighted by atomic mass is 9.47. The fraction of sp³-hybridized carbons (Fsp3) is 0.906. The van der Waals surface area contributed by atoms with E-state index >= 15 is 0 Å². The predicted molar refractivity (Wildman–Crippen MR) is 143 cm³/mol. The van der Waals surface area contributed by atoms with Crippen molar-refractivity contribution in [2.45, 2.75) is 111 Å². The van der Waals surface area contributed by atoms with Crippen LogP contribution in [0.3, 0.4) is 0 Å². The first-order valence-corrected chi connectivity index (χ1v) is 15.3. The van der Waals surface area contributed by atoms with Gasteiger partial charge in [-0.25, -0.2) is 0 Å². The molecular weight excluding hydrogens is 446 g/mol. The molecule has 0 bridgehead atoms. The van der Waals surface area contributed by atoms with Gasteiger partial charge in [-0.05, 0) is 104 Å². The normalized spacial score (nSPS) is 48.0. The van der Waals surface area contributed by atoms with E-state index in [-0.39, 0.29) is 11.5 Å². The number of aliphatic hydroxyl groups excluding tert-OH is 1. The van der Waals surface area contributed by atoms with E-state index in [2.05, 4.69) is 45.6 Å². The van der Waals surface area contributed by atoms with Gasteiger partial charge in [0.25, 0.3) is 0 Å². The summed E-state index contributed by atoms with van der Waals surface area (Å²) < 4.78 is 5.79. The average molecular weight is 498 g/mol. The lowest BCUT2D eigenvalue weighted by Gasteiger charge is -2.58. The molecule has 2 aliphatic heterocycles. The van der Waals surface area contributed by atoms with Crippen molar-refractivity contribution in [3.8, 4) is 0 Å². The molecule has 202 valence electrons. The van der Waals surface area contributed by atoms with Crippen LogP contribution < -0.4 is 0 Å². The van der Waals surface area contributed by atoms with Gasteiger partial charge in [0.05, 0.1) is 25.4 Å². The smallest absolute Gasteiger partial charge is 0.222 e. The summed E-state index contributed by atoms with van der Waals surface area (Å²) >= 11 is 0. The van der Waals surface area contributed by atoms with Crippen LogP contribution in [-0.4, -0.2) is 47.8 Å². The number of amides is 1. The third-order valence-corrected chi connectivity index (χ3v) is 13.0. The molecule has 0 radical (unpaired) electrons. The Morgan fingerprint density at radius 3 is 2.69 bits per heavy atom. The molecule has 4 nitrogen and oxygen atoms in total. The molecule has 1 amide bonds. The molecule has 0 aromatic carbocycles. The minimum Gasteiger partial charge on any atom is -0.393 e. The van der Waals surface area contributed by atoms with Gasteiger partial charge in [0.15, 0.2) is 0 Å². The summed E-state index contributed by atoms with van der Waals surface area (Å²) in [6.07, 6.45) is 13.9. The van der Waals surface area contributed by atoms with Crippen molar-refractivity contribution in [2.24, 2.45) is 51.8 Å². The summed E-state index contributed by atoms with van der Waals surface area (Å²) in [6.45, 7) is 14.7. The van der Waals surface area contributed by atoms with Crippen molar-refractivity contribution in [1.82, 2.24) is 4.90 Å². The van der Waals surface area contributed by atoms with Crippen molar-refractivity contribution in [2.75, 3.05) is 19.8 Å². The maximum Gasteiger partial charge on any atom is 0.222 e. The second kappa shape index (κ2) is 8.83. The van der Waals surface area contributed by atoms with Crippen LogP contribution in [0.1, 0.15) is 98.8 Å². The van der Waals surface area contributed by atoms with E-state index in [1.165, 1.54) is 38.5 Å². The van der Waals surface area contributed by atoms with Crippen LogP contribution >= 0.6 is 0 Å². The maximum absolute atomic E-state index is 13.4. The van der Waals surface area contributed by atoms with Gasteiger partial charge in [-0.1, -0.05) is 46.3 Å². The van der Waals surface area contributed by atoms with Crippen molar-refractivity contribution >= 4 is 5.91 Å². The number of allylic oxidation sites excluding steroid dienone is 1. The topological polar surface area (TPSA) is 49.8 Å². The van der Waals surface area contributed by atoms with Crippen molar-refractivity contribution < 1.29 is 14.6 Å². The first-order valence-electron chi connectivity index (χ1n) is 15.3. The van der Waals surface area contributed by atoms with Gasteiger partial charge < -0.3 is 14.7 Å². The number of carbonyl (C=O) groups excluding carboxylic acids is 1. The molecule has 5 fully saturated rings. The molecule has 2 saturated heterocycles. The Morgan fingerprint density at radius 1 is 1.08 bits per heavy atom. The van der Waals surface area contributed by atoms with Crippen molar-refractivity contribution in [3.63, 3.8) is 0 Å². The summed E-state index contributed by atoms with van der Waals surface area (Å²) in [5.41, 5.74) is 2.51. The van der Waals surface area contributed by atoms with E-state index in [4.69, 9.17) is 4.74 Å². The van der Waals surface area contributed by atoms with E-state index in [9.17, 15) is 9.90 Å². The van der Waals surface area contributed by atoms with Crippen molar-refractivity contribution in [3.05, 3.63) is 11.6 Å². The highest BCUT2D eigenvalue weighted by molar-refractivity contribution is 5.77. The van der Waals surface area contributed by atoms with Gasteiger partial charge in [0, 0.05) is 18.9 Å². The van der Waals surface area contributed by atoms with Crippen LogP contribution in [0.15, 0.2) is 11.6 Å². The SMILES string of the molecule is C[C@H](CCC(=O)N1CC(C)(C)C2COCC21)[C@H]1CC[C@H]2[C@@H]3CC=C4C[C@@H](O)CC[C@]4(C)[C@H]3CC[C@]12C. The molecule has 0 aromatic rings. The third kappa shape index (κ3) is 3.78. The number of aliphatic hydroxyl groups is 1. The number of hydrogen-bond acceptors (Lipinski definition) is 3. The van der Waals surface area contributed by atoms with Crippen molar-refractivity contribution in [1.29, 1.82) is 0 Å². The molecular formula is C32H51NO3. The quantitative estimate of drug-likeness (QED) is 0.469. The highest BCUT2D eigenvalue weighted by atomic mass is 16.5. The Kier molecular flexibility index (Phi) is 6.23. The number of hydrogen-bond donors (Lipinski definition) is 1. The predicted octanol–water partition coefficient (Wildman–Crippen LogP) is 6.23. The monoisotopic (exact) mass is 497 g/mol. The summed E-state index contributed by atoms with van der Waals surface area (Å²) in [5, 5.41) is 10.3. The van der Waals surface area contributed by atoms with Crippen LogP contribution in [0.4, 0.5) is 0 Å². The van der Waals surface area contributed by atoms with Gasteiger partial charge in [0.2, 0.25) is 5.91 Å². The molecule has 1 N–H and O–H groups in total. The molecule has 2 heterocycles. The molecule has 6 aliphatic rings. The minimum absolute atomic E-state index is 0.118. The largest absolute Gasteiger partial charge is 0.393 e. The lowest BCUT2D eigenvalue weighted by molar-refractivity contribution is -0.133. The number of likely N-dealkylation sites (tertiary alicyclic amines) is 1. The number of fused-ring (bicyclic) bond motifs is 6. The summed E-state index contributed by atoms with van der Waals surface area (Å²) in [5.74, 6) is 4.69. The zero-order valence-corrected chi connectivity index (χ0v) is 23.6. The molecule has 6 rings (SSSR count). The molecule has 36 heavy (non-hydrogen) atoms. The molecule has 2 unspecified atom stereocenters. The Morgan fingerprint density at radius 2 is 1.89 bits per heavy atom.